The summed E-state index contributed by atoms with van der Waals surface area (Å²) >= 11 is 0. The second-order valence-electron chi connectivity index (χ2n) is 9.77. The van der Waals surface area contributed by atoms with E-state index in [9.17, 15) is 14.4 Å². The second kappa shape index (κ2) is 12.5. The molecule has 0 aliphatic carbocycles. The molecule has 35 heavy (non-hydrogen) atoms. The summed E-state index contributed by atoms with van der Waals surface area (Å²) in [5.74, 6) is -0.692. The van der Waals surface area contributed by atoms with Crippen LogP contribution in [0.3, 0.4) is 0 Å². The van der Waals surface area contributed by atoms with Crippen LogP contribution in [0.5, 0.6) is 0 Å². The van der Waals surface area contributed by atoms with Crippen LogP contribution in [0.2, 0.25) is 0 Å². The Morgan fingerprint density at radius 2 is 1.49 bits per heavy atom. The summed E-state index contributed by atoms with van der Waals surface area (Å²) in [6.45, 7) is 6.76. The van der Waals surface area contributed by atoms with Gasteiger partial charge in [-0.3, -0.25) is 14.4 Å². The van der Waals surface area contributed by atoms with Crippen LogP contribution in [-0.2, 0) is 20.8 Å². The van der Waals surface area contributed by atoms with Gasteiger partial charge < -0.3 is 21.3 Å². The molecule has 7 heteroatoms. The average molecular weight is 479 g/mol. The third-order valence-corrected chi connectivity index (χ3v) is 6.70. The predicted molar refractivity (Wildman–Crippen MR) is 137 cm³/mol. The molecule has 1 heterocycles. The van der Waals surface area contributed by atoms with Gasteiger partial charge in [-0.25, -0.2) is 0 Å². The number of nitrogens with zero attached hydrogens (tertiary/aromatic N) is 1. The fraction of sp³-hybridized carbons (Fsp3) is 0.464. The zero-order valence-corrected chi connectivity index (χ0v) is 20.9. The molecular weight excluding hydrogens is 440 g/mol. The lowest BCUT2D eigenvalue weighted by molar-refractivity contribution is -0.137. The standard InChI is InChI=1S/C28H38N4O3/c1-19(2)25(27(34)30-20(3)22-12-8-5-9-13-22)31-26(33)23-14-16-32(17-15-23)28(35)24(29)18-21-10-6-4-7-11-21/h4-13,19-20,23-25H,14-18,29H2,1-3H3,(H,30,34)(H,31,33)/t20?,24-,25-/m0/s1. The first-order chi connectivity index (χ1) is 16.8. The van der Waals surface area contributed by atoms with E-state index in [0.717, 1.165) is 11.1 Å². The van der Waals surface area contributed by atoms with Crippen molar-refractivity contribution in [3.05, 3.63) is 71.8 Å². The summed E-state index contributed by atoms with van der Waals surface area (Å²) in [5.41, 5.74) is 8.21. The Bertz CT molecular complexity index is 972. The molecule has 2 aromatic carbocycles. The molecule has 0 aromatic heterocycles. The summed E-state index contributed by atoms with van der Waals surface area (Å²) in [4.78, 5) is 40.5. The fourth-order valence-electron chi connectivity index (χ4n) is 4.49. The molecule has 3 rings (SSSR count). The monoisotopic (exact) mass is 478 g/mol. The molecule has 188 valence electrons. The Morgan fingerprint density at radius 1 is 0.914 bits per heavy atom. The van der Waals surface area contributed by atoms with E-state index in [-0.39, 0.29) is 35.6 Å². The minimum atomic E-state index is -0.618. The smallest absolute Gasteiger partial charge is 0.243 e. The number of likely N-dealkylation sites (tertiary alicyclic amines) is 1. The van der Waals surface area contributed by atoms with Crippen LogP contribution in [0, 0.1) is 11.8 Å². The number of rotatable bonds is 9. The Kier molecular flexibility index (Phi) is 9.43. The zero-order chi connectivity index (χ0) is 25.4. The minimum Gasteiger partial charge on any atom is -0.348 e. The summed E-state index contributed by atoms with van der Waals surface area (Å²) in [5, 5.41) is 5.98. The van der Waals surface area contributed by atoms with Crippen LogP contribution >= 0.6 is 0 Å². The van der Waals surface area contributed by atoms with E-state index in [0.29, 0.717) is 32.4 Å². The van der Waals surface area contributed by atoms with Crippen molar-refractivity contribution >= 4 is 17.7 Å². The van der Waals surface area contributed by atoms with Gasteiger partial charge in [-0.1, -0.05) is 74.5 Å². The van der Waals surface area contributed by atoms with E-state index in [1.807, 2.05) is 81.4 Å². The van der Waals surface area contributed by atoms with E-state index >= 15 is 0 Å². The minimum absolute atomic E-state index is 0.0559. The van der Waals surface area contributed by atoms with Crippen LogP contribution in [0.1, 0.15) is 50.8 Å². The number of carbonyl (C=O) groups excluding carboxylic acids is 3. The van der Waals surface area contributed by atoms with Crippen molar-refractivity contribution in [2.45, 2.75) is 58.2 Å². The number of carbonyl (C=O) groups is 3. The van der Waals surface area contributed by atoms with Crippen LogP contribution in [0.4, 0.5) is 0 Å². The van der Waals surface area contributed by atoms with Crippen molar-refractivity contribution < 1.29 is 14.4 Å². The molecular formula is C28H38N4O3. The molecule has 1 saturated heterocycles. The van der Waals surface area contributed by atoms with Gasteiger partial charge in [0.15, 0.2) is 0 Å². The maximum Gasteiger partial charge on any atom is 0.243 e. The lowest BCUT2D eigenvalue weighted by Crippen LogP contribution is -2.53. The molecule has 1 unspecified atom stereocenters. The highest BCUT2D eigenvalue weighted by Crippen LogP contribution is 2.20. The lowest BCUT2D eigenvalue weighted by Gasteiger charge is -2.34. The molecule has 4 N–H and O–H groups in total. The van der Waals surface area contributed by atoms with Gasteiger partial charge in [-0.05, 0) is 43.2 Å². The van der Waals surface area contributed by atoms with Gasteiger partial charge in [-0.15, -0.1) is 0 Å². The Morgan fingerprint density at radius 3 is 2.06 bits per heavy atom. The summed E-state index contributed by atoms with van der Waals surface area (Å²) in [6, 6.07) is 18.1. The van der Waals surface area contributed by atoms with Crippen LogP contribution in [0.25, 0.3) is 0 Å². The number of piperidine rings is 1. The van der Waals surface area contributed by atoms with Crippen LogP contribution < -0.4 is 16.4 Å². The van der Waals surface area contributed by atoms with Gasteiger partial charge in [0.1, 0.15) is 6.04 Å². The molecule has 3 atom stereocenters. The molecule has 0 bridgehead atoms. The van der Waals surface area contributed by atoms with Gasteiger partial charge in [0.25, 0.3) is 0 Å². The summed E-state index contributed by atoms with van der Waals surface area (Å²) < 4.78 is 0. The van der Waals surface area contributed by atoms with Crippen molar-refractivity contribution in [3.8, 4) is 0 Å². The molecule has 0 spiro atoms. The highest BCUT2D eigenvalue weighted by molar-refractivity contribution is 5.89. The third kappa shape index (κ3) is 7.39. The Labute approximate surface area is 208 Å². The first-order valence-electron chi connectivity index (χ1n) is 12.5. The molecule has 3 amide bonds. The Balaban J connectivity index is 1.50. The quantitative estimate of drug-likeness (QED) is 0.515. The van der Waals surface area contributed by atoms with E-state index in [1.165, 1.54) is 0 Å². The van der Waals surface area contributed by atoms with Gasteiger partial charge in [0.2, 0.25) is 17.7 Å². The van der Waals surface area contributed by atoms with Gasteiger partial charge in [0.05, 0.1) is 12.1 Å². The average Bonchev–Trinajstić information content (AvgIpc) is 2.87. The predicted octanol–water partition coefficient (Wildman–Crippen LogP) is 2.81. The van der Waals surface area contributed by atoms with Crippen molar-refractivity contribution in [2.24, 2.45) is 17.6 Å². The van der Waals surface area contributed by atoms with E-state index in [2.05, 4.69) is 10.6 Å². The van der Waals surface area contributed by atoms with Crippen LogP contribution in [-0.4, -0.2) is 47.8 Å². The number of benzene rings is 2. The molecule has 2 aromatic rings. The SMILES string of the molecule is CC(NC(=O)[C@@H](NC(=O)C1CCN(C(=O)[C@@H](N)Cc2ccccc2)CC1)C(C)C)c1ccccc1. The zero-order valence-electron chi connectivity index (χ0n) is 20.9. The maximum absolute atomic E-state index is 13.0. The molecule has 0 saturated carbocycles. The molecule has 0 radical (unpaired) electrons. The molecule has 1 fully saturated rings. The van der Waals surface area contributed by atoms with Crippen LogP contribution in [0.15, 0.2) is 60.7 Å². The number of nitrogens with one attached hydrogen (secondary N) is 2. The van der Waals surface area contributed by atoms with Crippen molar-refractivity contribution in [3.63, 3.8) is 0 Å². The first-order valence-corrected chi connectivity index (χ1v) is 12.5. The first kappa shape index (κ1) is 26.4. The number of amides is 3. The van der Waals surface area contributed by atoms with Gasteiger partial charge >= 0.3 is 0 Å². The fourth-order valence-corrected chi connectivity index (χ4v) is 4.49. The van der Waals surface area contributed by atoms with E-state index in [1.54, 1.807) is 4.90 Å². The number of hydrogen-bond acceptors (Lipinski definition) is 4. The van der Waals surface area contributed by atoms with E-state index < -0.39 is 12.1 Å². The topological polar surface area (TPSA) is 105 Å². The third-order valence-electron chi connectivity index (χ3n) is 6.70. The summed E-state index contributed by atoms with van der Waals surface area (Å²) in [6.07, 6.45) is 1.61. The molecule has 1 aliphatic heterocycles. The number of hydrogen-bond donors (Lipinski definition) is 3. The highest BCUT2D eigenvalue weighted by atomic mass is 16.2. The largest absolute Gasteiger partial charge is 0.348 e. The Hall–Kier alpha value is -3.19. The maximum atomic E-state index is 13.0. The lowest BCUT2D eigenvalue weighted by atomic mass is 9.93. The number of nitrogens with two attached hydrogens (primary N) is 1. The van der Waals surface area contributed by atoms with E-state index in [4.69, 9.17) is 5.73 Å². The second-order valence-corrected chi connectivity index (χ2v) is 9.77. The van der Waals surface area contributed by atoms with Gasteiger partial charge in [0, 0.05) is 19.0 Å². The molecule has 1 aliphatic rings. The molecule has 7 nitrogen and oxygen atoms in total. The highest BCUT2D eigenvalue weighted by Gasteiger charge is 2.32. The van der Waals surface area contributed by atoms with Gasteiger partial charge in [-0.2, -0.15) is 0 Å². The van der Waals surface area contributed by atoms with Crippen molar-refractivity contribution in [1.29, 1.82) is 0 Å². The normalized spacial score (nSPS) is 16.9. The van der Waals surface area contributed by atoms with Crippen molar-refractivity contribution in [2.75, 3.05) is 13.1 Å². The van der Waals surface area contributed by atoms with Crippen molar-refractivity contribution in [1.82, 2.24) is 15.5 Å². The summed E-state index contributed by atoms with van der Waals surface area (Å²) in [7, 11) is 0.